The van der Waals surface area contributed by atoms with E-state index in [1.54, 1.807) is 0 Å². The van der Waals surface area contributed by atoms with Gasteiger partial charge in [-0.25, -0.2) is 4.68 Å². The van der Waals surface area contributed by atoms with Crippen LogP contribution in [0.15, 0.2) is 18.2 Å². The van der Waals surface area contributed by atoms with Gasteiger partial charge in [0.05, 0.1) is 11.4 Å². The van der Waals surface area contributed by atoms with E-state index >= 15 is 0 Å². The lowest BCUT2D eigenvalue weighted by Gasteiger charge is -2.18. The van der Waals surface area contributed by atoms with Crippen molar-refractivity contribution in [1.29, 1.82) is 0 Å². The molecule has 0 unspecified atom stereocenters. The average Bonchev–Trinajstić information content (AvgIpc) is 2.68. The summed E-state index contributed by atoms with van der Waals surface area (Å²) in [6.45, 7) is 6.87. The number of anilines is 4. The molecule has 2 rings (SSSR count). The van der Waals surface area contributed by atoms with Crippen LogP contribution in [0.5, 0.6) is 0 Å². The van der Waals surface area contributed by atoms with Crippen LogP contribution in [0, 0.1) is 13.8 Å². The lowest BCUT2D eigenvalue weighted by atomic mass is 10.1. The second-order valence-corrected chi connectivity index (χ2v) is 5.18. The van der Waals surface area contributed by atoms with Crippen molar-refractivity contribution in [2.75, 3.05) is 30.0 Å². The van der Waals surface area contributed by atoms with Crippen LogP contribution in [0.1, 0.15) is 18.2 Å². The zero-order chi connectivity index (χ0) is 14.9. The molecule has 0 aliphatic heterocycles. The fourth-order valence-electron chi connectivity index (χ4n) is 2.26. The van der Waals surface area contributed by atoms with Gasteiger partial charge in [0.1, 0.15) is 0 Å². The summed E-state index contributed by atoms with van der Waals surface area (Å²) in [6, 6.07) is 6.29. The number of aryl methyl sites for hydroxylation is 3. The van der Waals surface area contributed by atoms with E-state index in [0.717, 1.165) is 23.7 Å². The number of nitrogens with zero attached hydrogens (tertiary/aromatic N) is 3. The molecule has 0 amide bonds. The third-order valence-electron chi connectivity index (χ3n) is 3.43. The predicted molar refractivity (Wildman–Crippen MR) is 85.8 cm³/mol. The first kappa shape index (κ1) is 14.2. The van der Waals surface area contributed by atoms with Gasteiger partial charge in [0.25, 0.3) is 0 Å². The molecule has 5 heteroatoms. The van der Waals surface area contributed by atoms with E-state index in [2.05, 4.69) is 47.4 Å². The molecular weight excluding hydrogens is 250 g/mol. The van der Waals surface area contributed by atoms with E-state index in [4.69, 9.17) is 5.73 Å². The molecule has 0 saturated carbocycles. The van der Waals surface area contributed by atoms with Crippen LogP contribution in [-0.2, 0) is 6.54 Å². The van der Waals surface area contributed by atoms with Gasteiger partial charge >= 0.3 is 0 Å². The topological polar surface area (TPSA) is 59.1 Å². The Morgan fingerprint density at radius 3 is 2.60 bits per heavy atom. The van der Waals surface area contributed by atoms with E-state index in [9.17, 15) is 0 Å². The van der Waals surface area contributed by atoms with Crippen molar-refractivity contribution in [3.63, 3.8) is 0 Å². The van der Waals surface area contributed by atoms with E-state index in [0.29, 0.717) is 5.69 Å². The molecule has 0 saturated heterocycles. The van der Waals surface area contributed by atoms with E-state index in [1.165, 1.54) is 11.3 Å². The molecule has 0 aliphatic carbocycles. The molecule has 0 spiro atoms. The number of hydrogen-bond donors (Lipinski definition) is 2. The highest BCUT2D eigenvalue weighted by Gasteiger charge is 2.12. The van der Waals surface area contributed by atoms with Crippen LogP contribution in [0.2, 0.25) is 0 Å². The van der Waals surface area contributed by atoms with Gasteiger partial charge in [-0.2, -0.15) is 5.10 Å². The van der Waals surface area contributed by atoms with Crippen LogP contribution in [-0.4, -0.2) is 23.9 Å². The molecule has 20 heavy (non-hydrogen) atoms. The highest BCUT2D eigenvalue weighted by molar-refractivity contribution is 5.73. The van der Waals surface area contributed by atoms with Gasteiger partial charge in [-0.3, -0.25) is 0 Å². The number of rotatable bonds is 4. The molecule has 1 heterocycles. The summed E-state index contributed by atoms with van der Waals surface area (Å²) in [7, 11) is 4.09. The zero-order valence-corrected chi connectivity index (χ0v) is 12.9. The second-order valence-electron chi connectivity index (χ2n) is 5.18. The summed E-state index contributed by atoms with van der Waals surface area (Å²) in [5.74, 6) is 0.860. The molecule has 5 nitrogen and oxygen atoms in total. The Kier molecular flexibility index (Phi) is 3.88. The Morgan fingerprint density at radius 1 is 1.30 bits per heavy atom. The largest absolute Gasteiger partial charge is 0.394 e. The monoisotopic (exact) mass is 273 g/mol. The Balaban J connectivity index is 2.38. The summed E-state index contributed by atoms with van der Waals surface area (Å²) >= 11 is 0. The van der Waals surface area contributed by atoms with Crippen molar-refractivity contribution in [3.8, 4) is 0 Å². The standard InChI is InChI=1S/C15H23N5/c1-6-20-15(14(16)11(3)18-20)17-12-8-7-10(2)13(9-12)19(4)5/h7-9,17H,6,16H2,1-5H3. The number of nitrogens with one attached hydrogen (secondary N) is 1. The first-order valence-corrected chi connectivity index (χ1v) is 6.82. The number of nitrogen functional groups attached to an aromatic ring is 1. The lowest BCUT2D eigenvalue weighted by Crippen LogP contribution is -2.11. The second kappa shape index (κ2) is 5.45. The molecule has 0 fully saturated rings. The van der Waals surface area contributed by atoms with Crippen LogP contribution in [0.4, 0.5) is 22.9 Å². The van der Waals surface area contributed by atoms with Crippen LogP contribution in [0.25, 0.3) is 0 Å². The number of benzene rings is 1. The van der Waals surface area contributed by atoms with Crippen molar-refractivity contribution in [1.82, 2.24) is 9.78 Å². The molecule has 0 aliphatic rings. The van der Waals surface area contributed by atoms with E-state index in [1.807, 2.05) is 25.7 Å². The molecular formula is C15H23N5. The van der Waals surface area contributed by atoms with Crippen molar-refractivity contribution in [3.05, 3.63) is 29.5 Å². The molecule has 1 aromatic heterocycles. The summed E-state index contributed by atoms with van der Waals surface area (Å²) in [5, 5.41) is 7.80. The van der Waals surface area contributed by atoms with Gasteiger partial charge in [0.2, 0.25) is 0 Å². The van der Waals surface area contributed by atoms with E-state index < -0.39 is 0 Å². The fraction of sp³-hybridized carbons (Fsp3) is 0.400. The number of aromatic nitrogens is 2. The smallest absolute Gasteiger partial charge is 0.152 e. The van der Waals surface area contributed by atoms with Gasteiger partial charge in [-0.1, -0.05) is 6.07 Å². The molecule has 0 atom stereocenters. The van der Waals surface area contributed by atoms with Gasteiger partial charge in [-0.15, -0.1) is 0 Å². The molecule has 1 aromatic carbocycles. The van der Waals surface area contributed by atoms with Crippen LogP contribution < -0.4 is 16.0 Å². The summed E-state index contributed by atoms with van der Waals surface area (Å²) in [6.07, 6.45) is 0. The maximum atomic E-state index is 6.10. The van der Waals surface area contributed by atoms with Gasteiger partial charge in [-0.05, 0) is 38.5 Å². The highest BCUT2D eigenvalue weighted by Crippen LogP contribution is 2.29. The van der Waals surface area contributed by atoms with Crippen LogP contribution >= 0.6 is 0 Å². The summed E-state index contributed by atoms with van der Waals surface area (Å²) in [4.78, 5) is 2.10. The Morgan fingerprint density at radius 2 is 2.00 bits per heavy atom. The Bertz CT molecular complexity index is 613. The van der Waals surface area contributed by atoms with Crippen molar-refractivity contribution in [2.24, 2.45) is 0 Å². The highest BCUT2D eigenvalue weighted by atomic mass is 15.3. The minimum Gasteiger partial charge on any atom is -0.394 e. The molecule has 2 aromatic rings. The molecule has 108 valence electrons. The predicted octanol–water partition coefficient (Wildman–Crippen LogP) is 2.91. The maximum absolute atomic E-state index is 6.10. The number of nitrogens with two attached hydrogens (primary N) is 1. The molecule has 0 bridgehead atoms. The van der Waals surface area contributed by atoms with Crippen molar-refractivity contribution in [2.45, 2.75) is 27.3 Å². The zero-order valence-electron chi connectivity index (χ0n) is 12.9. The first-order valence-electron chi connectivity index (χ1n) is 6.82. The minimum atomic E-state index is 0.707. The average molecular weight is 273 g/mol. The third kappa shape index (κ3) is 2.57. The summed E-state index contributed by atoms with van der Waals surface area (Å²) < 4.78 is 1.89. The van der Waals surface area contributed by atoms with Crippen molar-refractivity contribution < 1.29 is 0 Å². The van der Waals surface area contributed by atoms with E-state index in [-0.39, 0.29) is 0 Å². The number of hydrogen-bond acceptors (Lipinski definition) is 4. The third-order valence-corrected chi connectivity index (χ3v) is 3.43. The molecule has 3 N–H and O–H groups in total. The Hall–Kier alpha value is -2.17. The Labute approximate surface area is 120 Å². The first-order chi connectivity index (χ1) is 9.43. The van der Waals surface area contributed by atoms with Gasteiger partial charge in [0.15, 0.2) is 5.82 Å². The minimum absolute atomic E-state index is 0.707. The van der Waals surface area contributed by atoms with Gasteiger partial charge in [0, 0.05) is 32.0 Å². The van der Waals surface area contributed by atoms with Crippen molar-refractivity contribution >= 4 is 22.9 Å². The maximum Gasteiger partial charge on any atom is 0.152 e. The normalized spacial score (nSPS) is 10.7. The summed E-state index contributed by atoms with van der Waals surface area (Å²) in [5.41, 5.74) is 11.1. The SMILES string of the molecule is CCn1nc(C)c(N)c1Nc1ccc(C)c(N(C)C)c1. The quantitative estimate of drug-likeness (QED) is 0.899. The lowest BCUT2D eigenvalue weighted by molar-refractivity contribution is 0.661. The molecule has 0 radical (unpaired) electrons. The van der Waals surface area contributed by atoms with Crippen LogP contribution in [0.3, 0.4) is 0 Å². The van der Waals surface area contributed by atoms with Gasteiger partial charge < -0.3 is 16.0 Å². The fourth-order valence-corrected chi connectivity index (χ4v) is 2.26.